The summed E-state index contributed by atoms with van der Waals surface area (Å²) in [7, 11) is 0. The number of primary amides is 1. The van der Waals surface area contributed by atoms with Crippen molar-refractivity contribution in [3.63, 3.8) is 0 Å². The van der Waals surface area contributed by atoms with E-state index in [9.17, 15) is 23.2 Å². The molecule has 126 valence electrons. The molecule has 23 heavy (non-hydrogen) atoms. The molecule has 9 heteroatoms. The first kappa shape index (κ1) is 18.9. The van der Waals surface area contributed by atoms with Gasteiger partial charge in [0.15, 0.2) is 24.0 Å². The molecule has 1 aromatic carbocycles. The minimum Gasteiger partial charge on any atom is -0.456 e. The number of urea groups is 1. The summed E-state index contributed by atoms with van der Waals surface area (Å²) in [6, 6.07) is 0.748. The van der Waals surface area contributed by atoms with Gasteiger partial charge < -0.3 is 15.8 Å². The maximum atomic E-state index is 13.1. The number of ketones is 1. The molecule has 1 atom stereocenters. The first-order valence-electron chi connectivity index (χ1n) is 6.55. The number of carbonyl (C=O) groups is 3. The van der Waals surface area contributed by atoms with Crippen LogP contribution in [0.1, 0.15) is 16.8 Å². The van der Waals surface area contributed by atoms with Crippen molar-refractivity contribution in [1.29, 1.82) is 0 Å². The number of hydrogen-bond donors (Lipinski definition) is 2. The summed E-state index contributed by atoms with van der Waals surface area (Å²) in [5, 5.41) is 2.22. The zero-order chi connectivity index (χ0) is 17.4. The molecule has 0 fully saturated rings. The van der Waals surface area contributed by atoms with Crippen LogP contribution in [0.5, 0.6) is 0 Å². The van der Waals surface area contributed by atoms with Crippen LogP contribution in [-0.4, -0.2) is 42.4 Å². The number of carbonyl (C=O) groups excluding carboxylic acids is 3. The highest BCUT2D eigenvalue weighted by Crippen LogP contribution is 2.10. The molecular weight excluding hydrogens is 330 g/mol. The van der Waals surface area contributed by atoms with Crippen molar-refractivity contribution in [3.8, 4) is 0 Å². The first-order valence-corrected chi connectivity index (χ1v) is 7.94. The van der Waals surface area contributed by atoms with Crippen molar-refractivity contribution >= 4 is 29.5 Å². The van der Waals surface area contributed by atoms with Crippen LogP contribution in [0.3, 0.4) is 0 Å². The van der Waals surface area contributed by atoms with Gasteiger partial charge >= 0.3 is 12.0 Å². The zero-order valence-electron chi connectivity index (χ0n) is 12.3. The Balaban J connectivity index is 2.62. The summed E-state index contributed by atoms with van der Waals surface area (Å²) in [6.45, 7) is -0.653. The Kier molecular flexibility index (Phi) is 7.46. The van der Waals surface area contributed by atoms with E-state index in [1.165, 1.54) is 11.8 Å². The molecule has 0 bridgehead atoms. The fourth-order valence-corrected chi connectivity index (χ4v) is 2.12. The second kappa shape index (κ2) is 9.09. The Morgan fingerprint density at radius 3 is 2.57 bits per heavy atom. The van der Waals surface area contributed by atoms with E-state index in [1.54, 1.807) is 0 Å². The Labute approximate surface area is 135 Å². The monoisotopic (exact) mass is 346 g/mol. The van der Waals surface area contributed by atoms with Crippen molar-refractivity contribution in [3.05, 3.63) is 35.4 Å². The fourth-order valence-electron chi connectivity index (χ4n) is 1.65. The van der Waals surface area contributed by atoms with Gasteiger partial charge in [0.05, 0.1) is 0 Å². The van der Waals surface area contributed by atoms with E-state index in [-0.39, 0.29) is 12.0 Å². The molecule has 0 aromatic heterocycles. The van der Waals surface area contributed by atoms with E-state index in [0.29, 0.717) is 5.75 Å². The molecule has 0 heterocycles. The number of ether oxygens (including phenoxy) is 1. The molecule has 6 nitrogen and oxygen atoms in total. The standard InChI is InChI=1S/C14H16F2N2O4S/c1-23-5-4-11(18-14(17)21)13(20)22-7-12(19)8-2-3-9(15)10(16)6-8/h2-3,6,11H,4-5,7H2,1H3,(H3,17,18,21)/t11-/m1/s1. The lowest BCUT2D eigenvalue weighted by Crippen LogP contribution is -2.45. The molecule has 3 N–H and O–H groups in total. The maximum absolute atomic E-state index is 13.1. The molecule has 0 unspecified atom stereocenters. The second-order valence-electron chi connectivity index (χ2n) is 4.50. The van der Waals surface area contributed by atoms with E-state index in [1.807, 2.05) is 6.26 Å². The first-order chi connectivity index (χ1) is 10.8. The minimum absolute atomic E-state index is 0.125. The molecule has 1 aromatic rings. The number of halogens is 2. The Morgan fingerprint density at radius 2 is 2.00 bits per heavy atom. The van der Waals surface area contributed by atoms with Crippen LogP contribution in [0.25, 0.3) is 0 Å². The number of esters is 1. The lowest BCUT2D eigenvalue weighted by atomic mass is 10.1. The highest BCUT2D eigenvalue weighted by Gasteiger charge is 2.22. The van der Waals surface area contributed by atoms with Crippen molar-refractivity contribution in [2.45, 2.75) is 12.5 Å². The van der Waals surface area contributed by atoms with Crippen LogP contribution in [0.2, 0.25) is 0 Å². The van der Waals surface area contributed by atoms with Gasteiger partial charge in [0.2, 0.25) is 0 Å². The summed E-state index contributed by atoms with van der Waals surface area (Å²) >= 11 is 1.45. The molecule has 0 saturated heterocycles. The number of amides is 2. The van der Waals surface area contributed by atoms with Gasteiger partial charge in [0, 0.05) is 5.56 Å². The Morgan fingerprint density at radius 1 is 1.30 bits per heavy atom. The number of benzene rings is 1. The third-order valence-electron chi connectivity index (χ3n) is 2.80. The van der Waals surface area contributed by atoms with E-state index < -0.39 is 42.1 Å². The van der Waals surface area contributed by atoms with Gasteiger partial charge in [-0.15, -0.1) is 0 Å². The summed E-state index contributed by atoms with van der Waals surface area (Å²) in [6.07, 6.45) is 2.10. The van der Waals surface area contributed by atoms with Gasteiger partial charge in [-0.25, -0.2) is 18.4 Å². The Hall–Kier alpha value is -2.16. The molecular formula is C14H16F2N2O4S. The highest BCUT2D eigenvalue weighted by atomic mass is 32.2. The van der Waals surface area contributed by atoms with Gasteiger partial charge in [0.25, 0.3) is 0 Å². The molecule has 0 aliphatic carbocycles. The summed E-state index contributed by atoms with van der Waals surface area (Å²) < 4.78 is 30.7. The quantitative estimate of drug-likeness (QED) is 0.549. The van der Waals surface area contributed by atoms with E-state index in [4.69, 9.17) is 10.5 Å². The topological polar surface area (TPSA) is 98.5 Å². The van der Waals surface area contributed by atoms with Crippen LogP contribution in [0.4, 0.5) is 13.6 Å². The lowest BCUT2D eigenvalue weighted by Gasteiger charge is -2.15. The maximum Gasteiger partial charge on any atom is 0.329 e. The molecule has 0 spiro atoms. The second-order valence-corrected chi connectivity index (χ2v) is 5.49. The minimum atomic E-state index is -1.17. The molecule has 0 aliphatic heterocycles. The van der Waals surface area contributed by atoms with E-state index in [2.05, 4.69) is 5.32 Å². The predicted molar refractivity (Wildman–Crippen MR) is 81.2 cm³/mol. The molecule has 0 aliphatic rings. The van der Waals surface area contributed by atoms with Crippen LogP contribution < -0.4 is 11.1 Å². The van der Waals surface area contributed by atoms with Gasteiger partial charge in [-0.3, -0.25) is 4.79 Å². The third-order valence-corrected chi connectivity index (χ3v) is 3.44. The van der Waals surface area contributed by atoms with Crippen LogP contribution in [-0.2, 0) is 9.53 Å². The number of nitrogens with two attached hydrogens (primary N) is 1. The number of Topliss-reactive ketones (excluding diaryl/α,β-unsaturated/α-hetero) is 1. The van der Waals surface area contributed by atoms with E-state index in [0.717, 1.165) is 18.2 Å². The molecule has 0 radical (unpaired) electrons. The normalized spacial score (nSPS) is 11.6. The smallest absolute Gasteiger partial charge is 0.329 e. The van der Waals surface area contributed by atoms with Gasteiger partial charge in [0.1, 0.15) is 6.04 Å². The summed E-state index contributed by atoms with van der Waals surface area (Å²) in [5.74, 6) is -3.21. The predicted octanol–water partition coefficient (Wildman–Crippen LogP) is 1.48. The van der Waals surface area contributed by atoms with Crippen LogP contribution >= 0.6 is 11.8 Å². The summed E-state index contributed by atoms with van der Waals surface area (Å²) in [4.78, 5) is 34.5. The molecule has 0 saturated carbocycles. The molecule has 1 rings (SSSR count). The van der Waals surface area contributed by atoms with Crippen molar-refractivity contribution in [2.24, 2.45) is 5.73 Å². The average molecular weight is 346 g/mol. The highest BCUT2D eigenvalue weighted by molar-refractivity contribution is 7.98. The number of rotatable bonds is 8. The van der Waals surface area contributed by atoms with Gasteiger partial charge in [-0.05, 0) is 36.6 Å². The van der Waals surface area contributed by atoms with Crippen LogP contribution in [0, 0.1) is 11.6 Å². The van der Waals surface area contributed by atoms with Gasteiger partial charge in [-0.2, -0.15) is 11.8 Å². The van der Waals surface area contributed by atoms with E-state index >= 15 is 0 Å². The largest absolute Gasteiger partial charge is 0.456 e. The number of nitrogens with one attached hydrogen (secondary N) is 1. The van der Waals surface area contributed by atoms with Crippen molar-refractivity contribution in [1.82, 2.24) is 5.32 Å². The van der Waals surface area contributed by atoms with Crippen molar-refractivity contribution in [2.75, 3.05) is 18.6 Å². The number of thioether (sulfide) groups is 1. The van der Waals surface area contributed by atoms with Crippen molar-refractivity contribution < 1.29 is 27.9 Å². The van der Waals surface area contributed by atoms with Gasteiger partial charge in [-0.1, -0.05) is 0 Å². The zero-order valence-corrected chi connectivity index (χ0v) is 13.1. The third kappa shape index (κ3) is 6.23. The average Bonchev–Trinajstić information content (AvgIpc) is 2.51. The SMILES string of the molecule is CSCC[C@@H](NC(N)=O)C(=O)OCC(=O)c1ccc(F)c(F)c1. The molecule has 2 amide bonds. The fraction of sp³-hybridized carbons (Fsp3) is 0.357. The lowest BCUT2D eigenvalue weighted by molar-refractivity contribution is -0.144. The van der Waals surface area contributed by atoms with Crippen LogP contribution in [0.15, 0.2) is 18.2 Å². The number of hydrogen-bond acceptors (Lipinski definition) is 5. The Bertz CT molecular complexity index is 598. The summed E-state index contributed by atoms with van der Waals surface area (Å²) in [5.41, 5.74) is 4.85.